The molecule has 9 nitrogen and oxygen atoms in total. The van der Waals surface area contributed by atoms with E-state index in [0.717, 1.165) is 5.56 Å². The number of pyridine rings is 1. The maximum atomic E-state index is 13.0. The van der Waals surface area contributed by atoms with Crippen LogP contribution in [0.5, 0.6) is 11.5 Å². The first-order valence-corrected chi connectivity index (χ1v) is 10.4. The molecule has 0 fully saturated rings. The summed E-state index contributed by atoms with van der Waals surface area (Å²) in [4.78, 5) is 44.9. The number of methoxy groups -OCH3 is 3. The molecule has 1 unspecified atom stereocenters. The van der Waals surface area contributed by atoms with E-state index >= 15 is 0 Å². The van der Waals surface area contributed by atoms with Gasteiger partial charge in [0.15, 0.2) is 17.3 Å². The molecule has 1 N–H and O–H groups in total. The fraction of sp³-hybridized carbons (Fsp3) is 0.391. The summed E-state index contributed by atoms with van der Waals surface area (Å²) in [6.45, 7) is 0.816. The molecule has 1 aliphatic rings. The van der Waals surface area contributed by atoms with Crippen molar-refractivity contribution in [2.45, 2.75) is 31.7 Å². The molecule has 1 aromatic carbocycles. The second-order valence-electron chi connectivity index (χ2n) is 7.75. The van der Waals surface area contributed by atoms with Crippen LogP contribution in [0.4, 0.5) is 0 Å². The molecule has 3 aromatic rings. The van der Waals surface area contributed by atoms with Crippen molar-refractivity contribution in [1.82, 2.24) is 14.5 Å². The van der Waals surface area contributed by atoms with E-state index in [-0.39, 0.29) is 22.7 Å². The second kappa shape index (κ2) is 8.96. The van der Waals surface area contributed by atoms with Gasteiger partial charge in [-0.3, -0.25) is 19.1 Å². The molecule has 0 saturated carbocycles. The molecule has 2 aromatic heterocycles. The van der Waals surface area contributed by atoms with Crippen molar-refractivity contribution in [3.63, 3.8) is 0 Å². The van der Waals surface area contributed by atoms with Crippen molar-refractivity contribution in [1.29, 1.82) is 0 Å². The number of Topliss-reactive ketones (excluding diaryl/α,β-unsaturated/α-hetero) is 1. The van der Waals surface area contributed by atoms with Crippen molar-refractivity contribution in [2.24, 2.45) is 0 Å². The molecule has 168 valence electrons. The number of aromatic nitrogens is 3. The molecule has 4 rings (SSSR count). The van der Waals surface area contributed by atoms with Crippen LogP contribution in [0.15, 0.2) is 34.0 Å². The lowest BCUT2D eigenvalue weighted by Gasteiger charge is -2.25. The monoisotopic (exact) mass is 439 g/mol. The number of carbonyl (C=O) groups is 1. The van der Waals surface area contributed by atoms with Crippen LogP contribution in [0, 0.1) is 0 Å². The highest BCUT2D eigenvalue weighted by Gasteiger charge is 2.30. The van der Waals surface area contributed by atoms with Gasteiger partial charge < -0.3 is 14.2 Å². The summed E-state index contributed by atoms with van der Waals surface area (Å²) in [5.41, 5.74) is 1.20. The first-order chi connectivity index (χ1) is 15.5. The van der Waals surface area contributed by atoms with Crippen molar-refractivity contribution in [2.75, 3.05) is 27.9 Å². The smallest absolute Gasteiger partial charge is 0.329 e. The van der Waals surface area contributed by atoms with Gasteiger partial charge in [-0.15, -0.1) is 0 Å². The second-order valence-corrected chi connectivity index (χ2v) is 7.75. The largest absolute Gasteiger partial charge is 0.493 e. The Balaban J connectivity index is 1.82. The van der Waals surface area contributed by atoms with Gasteiger partial charge in [0.2, 0.25) is 0 Å². The van der Waals surface area contributed by atoms with Crippen LogP contribution >= 0.6 is 0 Å². The number of H-pyrrole nitrogens is 1. The van der Waals surface area contributed by atoms with Gasteiger partial charge in [-0.2, -0.15) is 0 Å². The number of ketones is 1. The SMILES string of the molecule is COCCCn1c(=O)[nH]c(=O)c2c3c(cnc21)C(=O)CC(c1ccc(OC)c(OC)c1)C3. The molecular weight excluding hydrogens is 414 g/mol. The maximum Gasteiger partial charge on any atom is 0.329 e. The van der Waals surface area contributed by atoms with Crippen LogP contribution in [-0.4, -0.2) is 48.3 Å². The van der Waals surface area contributed by atoms with E-state index in [2.05, 4.69) is 9.97 Å². The standard InChI is InChI=1S/C23H25N3O6/c1-30-8-4-7-26-21-20(22(28)25-23(26)29)15-9-14(10-17(27)16(15)12-24-21)13-5-6-18(31-2)19(11-13)32-3/h5-6,11-12,14H,4,7-10H2,1-3H3,(H,25,28,29). The molecule has 2 heterocycles. The van der Waals surface area contributed by atoms with Gasteiger partial charge in [0.1, 0.15) is 5.65 Å². The molecule has 0 bridgehead atoms. The first kappa shape index (κ1) is 21.8. The Morgan fingerprint density at radius 3 is 2.59 bits per heavy atom. The molecule has 0 saturated heterocycles. The minimum absolute atomic E-state index is 0.0861. The van der Waals surface area contributed by atoms with E-state index < -0.39 is 11.2 Å². The highest BCUT2D eigenvalue weighted by atomic mass is 16.5. The Morgan fingerprint density at radius 2 is 1.88 bits per heavy atom. The number of aryl methyl sites for hydroxylation is 1. The average molecular weight is 439 g/mol. The Hall–Kier alpha value is -3.46. The number of aromatic amines is 1. The van der Waals surface area contributed by atoms with Gasteiger partial charge in [-0.05, 0) is 42.0 Å². The number of hydrogen-bond acceptors (Lipinski definition) is 7. The summed E-state index contributed by atoms with van der Waals surface area (Å²) < 4.78 is 17.2. The summed E-state index contributed by atoms with van der Waals surface area (Å²) in [7, 11) is 4.71. The normalized spacial score (nSPS) is 15.6. The van der Waals surface area contributed by atoms with E-state index in [0.29, 0.717) is 55.0 Å². The molecule has 0 radical (unpaired) electrons. The quantitative estimate of drug-likeness (QED) is 0.561. The van der Waals surface area contributed by atoms with Gasteiger partial charge in [0.05, 0.1) is 19.6 Å². The third-order valence-electron chi connectivity index (χ3n) is 5.91. The molecular formula is C23H25N3O6. The minimum atomic E-state index is -0.530. The Bertz CT molecular complexity index is 1290. The number of nitrogens with one attached hydrogen (secondary N) is 1. The third-order valence-corrected chi connectivity index (χ3v) is 5.91. The molecule has 9 heteroatoms. The fourth-order valence-corrected chi connectivity index (χ4v) is 4.33. The Morgan fingerprint density at radius 1 is 1.09 bits per heavy atom. The fourth-order valence-electron chi connectivity index (χ4n) is 4.33. The van der Waals surface area contributed by atoms with Crippen LogP contribution in [0.25, 0.3) is 11.0 Å². The molecule has 1 aliphatic carbocycles. The number of carbonyl (C=O) groups excluding carboxylic acids is 1. The number of ether oxygens (including phenoxy) is 3. The zero-order chi connectivity index (χ0) is 22.8. The van der Waals surface area contributed by atoms with E-state index in [1.54, 1.807) is 27.4 Å². The van der Waals surface area contributed by atoms with Crippen LogP contribution < -0.4 is 20.7 Å². The number of fused-ring (bicyclic) bond motifs is 3. The van der Waals surface area contributed by atoms with Gasteiger partial charge in [0, 0.05) is 38.4 Å². The lowest BCUT2D eigenvalue weighted by molar-refractivity contribution is 0.0964. The number of rotatable bonds is 7. The predicted octanol–water partition coefficient (Wildman–Crippen LogP) is 2.05. The van der Waals surface area contributed by atoms with E-state index in [1.165, 1.54) is 10.8 Å². The van der Waals surface area contributed by atoms with E-state index in [9.17, 15) is 14.4 Å². The minimum Gasteiger partial charge on any atom is -0.493 e. The lowest BCUT2D eigenvalue weighted by Crippen LogP contribution is -2.33. The Kier molecular flexibility index (Phi) is 6.09. The summed E-state index contributed by atoms with van der Waals surface area (Å²) in [5, 5.41) is 0.290. The van der Waals surface area contributed by atoms with Crippen molar-refractivity contribution < 1.29 is 19.0 Å². The van der Waals surface area contributed by atoms with E-state index in [1.807, 2.05) is 12.1 Å². The average Bonchev–Trinajstić information content (AvgIpc) is 2.80. The van der Waals surface area contributed by atoms with Crippen LogP contribution in [0.1, 0.15) is 40.2 Å². The summed E-state index contributed by atoms with van der Waals surface area (Å²) in [5.74, 6) is 0.947. The van der Waals surface area contributed by atoms with E-state index in [4.69, 9.17) is 14.2 Å². The highest BCUT2D eigenvalue weighted by Crippen LogP contribution is 2.38. The molecule has 1 atom stereocenters. The molecule has 32 heavy (non-hydrogen) atoms. The van der Waals surface area contributed by atoms with Crippen LogP contribution in [0.3, 0.4) is 0 Å². The molecule has 0 amide bonds. The lowest BCUT2D eigenvalue weighted by atomic mass is 9.79. The zero-order valence-corrected chi connectivity index (χ0v) is 18.3. The van der Waals surface area contributed by atoms with Gasteiger partial charge in [-0.1, -0.05) is 6.07 Å². The topological polar surface area (TPSA) is 113 Å². The van der Waals surface area contributed by atoms with Crippen LogP contribution in [0.2, 0.25) is 0 Å². The third kappa shape index (κ3) is 3.80. The predicted molar refractivity (Wildman–Crippen MR) is 118 cm³/mol. The summed E-state index contributed by atoms with van der Waals surface area (Å²) in [6, 6.07) is 5.56. The number of nitrogens with zero attached hydrogens (tertiary/aromatic N) is 2. The Labute approximate surface area is 184 Å². The summed E-state index contributed by atoms with van der Waals surface area (Å²) in [6.07, 6.45) is 2.83. The zero-order valence-electron chi connectivity index (χ0n) is 18.3. The van der Waals surface area contributed by atoms with Crippen molar-refractivity contribution >= 4 is 16.8 Å². The first-order valence-electron chi connectivity index (χ1n) is 10.4. The number of benzene rings is 1. The van der Waals surface area contributed by atoms with Crippen molar-refractivity contribution in [3.8, 4) is 11.5 Å². The molecule has 0 spiro atoms. The van der Waals surface area contributed by atoms with Gasteiger partial charge >= 0.3 is 5.69 Å². The van der Waals surface area contributed by atoms with Crippen molar-refractivity contribution in [3.05, 3.63) is 61.9 Å². The van der Waals surface area contributed by atoms with Gasteiger partial charge in [0.25, 0.3) is 5.56 Å². The summed E-state index contributed by atoms with van der Waals surface area (Å²) >= 11 is 0. The number of hydrogen-bond donors (Lipinski definition) is 1. The van der Waals surface area contributed by atoms with Gasteiger partial charge in [-0.25, -0.2) is 9.78 Å². The highest BCUT2D eigenvalue weighted by molar-refractivity contribution is 6.02. The van der Waals surface area contributed by atoms with Crippen LogP contribution in [-0.2, 0) is 17.7 Å². The maximum absolute atomic E-state index is 13.0. The molecule has 0 aliphatic heterocycles.